The largest absolute Gasteiger partial charge is 0.417 e. The van der Waals surface area contributed by atoms with Gasteiger partial charge >= 0.3 is 6.18 Å². The van der Waals surface area contributed by atoms with Crippen molar-refractivity contribution in [3.05, 3.63) is 70.2 Å². The molecule has 2 saturated carbocycles. The first-order valence-electron chi connectivity index (χ1n) is 10.0. The summed E-state index contributed by atoms with van der Waals surface area (Å²) >= 11 is 5.72. The van der Waals surface area contributed by atoms with E-state index in [1.807, 2.05) is 0 Å². The topological polar surface area (TPSA) is 12.0 Å². The lowest BCUT2D eigenvalue weighted by Crippen LogP contribution is -2.54. The van der Waals surface area contributed by atoms with Crippen molar-refractivity contribution in [3.8, 4) is 0 Å². The van der Waals surface area contributed by atoms with Crippen LogP contribution in [0.4, 0.5) is 13.2 Å². The summed E-state index contributed by atoms with van der Waals surface area (Å²) in [7, 11) is 0. The van der Waals surface area contributed by atoms with Crippen molar-refractivity contribution in [2.75, 3.05) is 0 Å². The molecule has 5 heteroatoms. The quantitative estimate of drug-likeness (QED) is 0.577. The lowest BCUT2D eigenvalue weighted by atomic mass is 9.55. The molecule has 28 heavy (non-hydrogen) atoms. The number of alkyl halides is 3. The summed E-state index contributed by atoms with van der Waals surface area (Å²) in [5, 5.41) is 3.30. The smallest absolute Gasteiger partial charge is 0.309 e. The predicted molar refractivity (Wildman–Crippen MR) is 106 cm³/mol. The van der Waals surface area contributed by atoms with Gasteiger partial charge in [0.25, 0.3) is 0 Å². The molecule has 0 aliphatic heterocycles. The molecule has 0 bridgehead atoms. The highest BCUT2D eigenvalue weighted by atomic mass is 35.5. The summed E-state index contributed by atoms with van der Waals surface area (Å²) in [6.07, 6.45) is 2.69. The van der Waals surface area contributed by atoms with Gasteiger partial charge in [0.2, 0.25) is 0 Å². The number of nitrogens with one attached hydrogen (secondary N) is 1. The van der Waals surface area contributed by atoms with E-state index in [4.69, 9.17) is 11.6 Å². The lowest BCUT2D eigenvalue weighted by Gasteiger charge is -2.54. The number of hydrogen-bond acceptors (Lipinski definition) is 1. The van der Waals surface area contributed by atoms with Crippen molar-refractivity contribution in [3.63, 3.8) is 0 Å². The van der Waals surface area contributed by atoms with Crippen molar-refractivity contribution >= 4 is 11.6 Å². The van der Waals surface area contributed by atoms with Gasteiger partial charge in [0.1, 0.15) is 0 Å². The third-order valence-corrected chi connectivity index (χ3v) is 7.14. The van der Waals surface area contributed by atoms with E-state index in [2.05, 4.69) is 35.6 Å². The van der Waals surface area contributed by atoms with Crippen molar-refractivity contribution in [1.29, 1.82) is 0 Å². The molecule has 0 amide bonds. The van der Waals surface area contributed by atoms with Crippen LogP contribution in [0.25, 0.3) is 0 Å². The molecule has 1 nitrogen and oxygen atoms in total. The van der Waals surface area contributed by atoms with Gasteiger partial charge in [-0.25, -0.2) is 0 Å². The first-order valence-corrected chi connectivity index (χ1v) is 10.4. The number of hydrogen-bond donors (Lipinski definition) is 1. The molecule has 0 heterocycles. The van der Waals surface area contributed by atoms with Gasteiger partial charge in [-0.15, -0.1) is 0 Å². The second-order valence-corrected chi connectivity index (χ2v) is 8.74. The molecule has 2 aliphatic carbocycles. The first kappa shape index (κ1) is 19.8. The normalized spacial score (nSPS) is 27.6. The fourth-order valence-corrected chi connectivity index (χ4v) is 5.23. The van der Waals surface area contributed by atoms with Crippen LogP contribution < -0.4 is 5.32 Å². The summed E-state index contributed by atoms with van der Waals surface area (Å²) in [5.74, 6) is 0.638. The Morgan fingerprint density at radius 1 is 0.964 bits per heavy atom. The Morgan fingerprint density at radius 2 is 1.64 bits per heavy atom. The van der Waals surface area contributed by atoms with Crippen molar-refractivity contribution in [2.24, 2.45) is 5.41 Å². The Labute approximate surface area is 169 Å². The van der Waals surface area contributed by atoms with E-state index in [1.54, 1.807) is 6.07 Å². The van der Waals surface area contributed by atoms with Crippen LogP contribution in [0.3, 0.4) is 0 Å². The van der Waals surface area contributed by atoms with Crippen molar-refractivity contribution in [2.45, 2.75) is 63.2 Å². The summed E-state index contributed by atoms with van der Waals surface area (Å²) in [5.41, 5.74) is 1.64. The van der Waals surface area contributed by atoms with E-state index < -0.39 is 11.7 Å². The summed E-state index contributed by atoms with van der Waals surface area (Å²) < 4.78 is 39.2. The predicted octanol–water partition coefficient (Wildman–Crippen LogP) is 6.96. The highest BCUT2D eigenvalue weighted by Crippen LogP contribution is 2.54. The molecule has 2 aromatic carbocycles. The molecule has 4 rings (SSSR count). The van der Waals surface area contributed by atoms with E-state index in [1.165, 1.54) is 49.8 Å². The minimum absolute atomic E-state index is 0.240. The molecule has 2 aromatic rings. The van der Waals surface area contributed by atoms with Crippen LogP contribution in [0.5, 0.6) is 0 Å². The first-order chi connectivity index (χ1) is 13.4. The minimum atomic E-state index is -4.42. The maximum absolute atomic E-state index is 13.1. The van der Waals surface area contributed by atoms with Gasteiger partial charge in [0.05, 0.1) is 10.6 Å². The lowest BCUT2D eigenvalue weighted by molar-refractivity contribution is -0.137. The third-order valence-electron chi connectivity index (χ3n) is 6.81. The average molecular weight is 408 g/mol. The molecule has 2 fully saturated rings. The Balaban J connectivity index is 1.36. The van der Waals surface area contributed by atoms with Gasteiger partial charge in [0.15, 0.2) is 0 Å². The molecule has 0 radical (unpaired) electrons. The van der Waals surface area contributed by atoms with Crippen molar-refractivity contribution < 1.29 is 13.2 Å². The second kappa shape index (κ2) is 7.72. The molecule has 1 spiro atoms. The fourth-order valence-electron chi connectivity index (χ4n) is 5.01. The van der Waals surface area contributed by atoms with Crippen LogP contribution >= 0.6 is 11.6 Å². The van der Waals surface area contributed by atoms with E-state index in [9.17, 15) is 13.2 Å². The van der Waals surface area contributed by atoms with Crippen LogP contribution in [-0.4, -0.2) is 6.04 Å². The van der Waals surface area contributed by atoms with Gasteiger partial charge in [-0.1, -0.05) is 48.0 Å². The van der Waals surface area contributed by atoms with Crippen LogP contribution in [0.15, 0.2) is 48.5 Å². The molecule has 150 valence electrons. The SMILES string of the molecule is FC(F)(F)c1cc(CNC2CCC23CCC(c2ccccc2)CC3)ccc1Cl. The molecule has 0 aromatic heterocycles. The molecule has 0 saturated heterocycles. The van der Waals surface area contributed by atoms with E-state index in [0.29, 0.717) is 29.5 Å². The third kappa shape index (κ3) is 3.95. The number of rotatable bonds is 4. The van der Waals surface area contributed by atoms with Crippen LogP contribution in [0.2, 0.25) is 5.02 Å². The van der Waals surface area contributed by atoms with Crippen LogP contribution in [0, 0.1) is 5.41 Å². The van der Waals surface area contributed by atoms with Gasteiger partial charge in [0, 0.05) is 12.6 Å². The van der Waals surface area contributed by atoms with Crippen LogP contribution in [-0.2, 0) is 12.7 Å². The average Bonchev–Trinajstić information content (AvgIpc) is 2.68. The Kier molecular flexibility index (Phi) is 5.45. The maximum Gasteiger partial charge on any atom is 0.417 e. The standard InChI is InChI=1S/C23H25ClF3N/c24-20-7-6-16(14-19(20)23(25,26)27)15-28-21-10-13-22(21)11-8-18(9-12-22)17-4-2-1-3-5-17/h1-7,14,18,21,28H,8-13,15H2. The van der Waals surface area contributed by atoms with E-state index >= 15 is 0 Å². The molecule has 1 N–H and O–H groups in total. The summed E-state index contributed by atoms with van der Waals surface area (Å²) in [6, 6.07) is 15.3. The number of benzene rings is 2. The highest BCUT2D eigenvalue weighted by molar-refractivity contribution is 6.31. The highest BCUT2D eigenvalue weighted by Gasteiger charge is 2.48. The zero-order valence-electron chi connectivity index (χ0n) is 15.7. The monoisotopic (exact) mass is 407 g/mol. The van der Waals surface area contributed by atoms with Gasteiger partial charge in [-0.05, 0) is 73.1 Å². The molecular weight excluding hydrogens is 383 g/mol. The van der Waals surface area contributed by atoms with E-state index in [0.717, 1.165) is 6.42 Å². The molecule has 1 unspecified atom stereocenters. The van der Waals surface area contributed by atoms with Crippen LogP contribution in [0.1, 0.15) is 61.1 Å². The van der Waals surface area contributed by atoms with Gasteiger partial charge < -0.3 is 5.32 Å². The summed E-state index contributed by atoms with van der Waals surface area (Å²) in [6.45, 7) is 0.453. The summed E-state index contributed by atoms with van der Waals surface area (Å²) in [4.78, 5) is 0. The second-order valence-electron chi connectivity index (χ2n) is 8.33. The molecular formula is C23H25ClF3N. The zero-order chi connectivity index (χ0) is 19.8. The maximum atomic E-state index is 13.1. The van der Waals surface area contributed by atoms with Gasteiger partial charge in [-0.3, -0.25) is 0 Å². The van der Waals surface area contributed by atoms with Gasteiger partial charge in [-0.2, -0.15) is 13.2 Å². The Bertz CT molecular complexity index is 810. The molecule has 1 atom stereocenters. The fraction of sp³-hybridized carbons (Fsp3) is 0.478. The van der Waals surface area contributed by atoms with E-state index in [-0.39, 0.29) is 5.02 Å². The minimum Gasteiger partial charge on any atom is -0.309 e. The Morgan fingerprint density at radius 3 is 2.25 bits per heavy atom. The van der Waals surface area contributed by atoms with Crippen molar-refractivity contribution in [1.82, 2.24) is 5.32 Å². The molecule has 2 aliphatic rings. The number of halogens is 4. The Hall–Kier alpha value is -1.52. The zero-order valence-corrected chi connectivity index (χ0v) is 16.5.